The minimum absolute atomic E-state index is 0.0227. The summed E-state index contributed by atoms with van der Waals surface area (Å²) >= 11 is 6.17. The Morgan fingerprint density at radius 3 is 3.00 bits per heavy atom. The number of nitrogen functional groups attached to an aromatic ring is 1. The average molecular weight is 245 g/mol. The number of nitrogens with two attached hydrogens (primary N) is 1. The molecule has 1 rings (SSSR count). The number of hydrogen-bond donors (Lipinski definition) is 1. The normalized spacial score (nSPS) is 10.8. The van der Waals surface area contributed by atoms with Crippen LogP contribution in [0.1, 0.15) is 5.82 Å². The molecule has 0 aliphatic rings. The van der Waals surface area contributed by atoms with Gasteiger partial charge in [0.25, 0.3) is 5.24 Å². The monoisotopic (exact) mass is 244 g/mol. The molecule has 0 aliphatic heterocycles. The van der Waals surface area contributed by atoms with E-state index in [2.05, 4.69) is 25.3 Å². The minimum atomic E-state index is -0.843. The summed E-state index contributed by atoms with van der Waals surface area (Å²) in [6, 6.07) is 0. The zero-order chi connectivity index (χ0) is 11.3. The number of aromatic nitrogens is 2. The van der Waals surface area contributed by atoms with Crippen LogP contribution in [0.3, 0.4) is 0 Å². The molecule has 0 aromatic carbocycles. The van der Waals surface area contributed by atoms with Gasteiger partial charge in [-0.2, -0.15) is 9.36 Å². The van der Waals surface area contributed by atoms with Gasteiger partial charge in [0.05, 0.1) is 0 Å². The molecule has 0 radical (unpaired) electrons. The van der Waals surface area contributed by atoms with Gasteiger partial charge >= 0.3 is 0 Å². The highest BCUT2D eigenvalue weighted by Gasteiger charge is 2.17. The van der Waals surface area contributed by atoms with Crippen molar-refractivity contribution in [1.29, 1.82) is 0 Å². The Hall–Kier alpha value is -1.65. The van der Waals surface area contributed by atoms with Crippen molar-refractivity contribution in [3.05, 3.63) is 5.82 Å². The van der Waals surface area contributed by atoms with Crippen molar-refractivity contribution in [3.63, 3.8) is 0 Å². The summed E-state index contributed by atoms with van der Waals surface area (Å²) in [4.78, 5) is 19.3. The van der Waals surface area contributed by atoms with Crippen LogP contribution in [0.4, 0.5) is 5.13 Å². The molecule has 8 heteroatoms. The zero-order valence-electron chi connectivity index (χ0n) is 7.31. The fourth-order valence-corrected chi connectivity index (χ4v) is 1.18. The van der Waals surface area contributed by atoms with Gasteiger partial charge in [-0.05, 0) is 11.6 Å². The number of anilines is 1. The first-order valence-corrected chi connectivity index (χ1v) is 4.73. The number of carbonyl (C=O) groups excluding carboxylic acids is 1. The SMILES string of the molecule is C#CCO/N=C(\C(=O)Cl)c1nsc(N)n1. The number of rotatable bonds is 4. The molecule has 0 saturated carbocycles. The van der Waals surface area contributed by atoms with Crippen molar-refractivity contribution in [2.75, 3.05) is 12.3 Å². The molecule has 6 nitrogen and oxygen atoms in total. The van der Waals surface area contributed by atoms with Crippen LogP contribution in [0.25, 0.3) is 0 Å². The molecule has 1 aromatic heterocycles. The molecular weight excluding hydrogens is 240 g/mol. The second-order valence-corrected chi connectivity index (χ2v) is 3.27. The van der Waals surface area contributed by atoms with Crippen LogP contribution in [0.5, 0.6) is 0 Å². The highest BCUT2D eigenvalue weighted by Crippen LogP contribution is 2.08. The summed E-state index contributed by atoms with van der Waals surface area (Å²) in [7, 11) is 0. The van der Waals surface area contributed by atoms with E-state index in [-0.39, 0.29) is 23.3 Å². The molecule has 0 atom stereocenters. The molecule has 0 aliphatic carbocycles. The van der Waals surface area contributed by atoms with Gasteiger partial charge in [-0.1, -0.05) is 11.1 Å². The number of carbonyl (C=O) groups is 1. The van der Waals surface area contributed by atoms with E-state index in [1.165, 1.54) is 0 Å². The molecule has 0 unspecified atom stereocenters. The van der Waals surface area contributed by atoms with E-state index in [0.29, 0.717) is 0 Å². The smallest absolute Gasteiger partial charge is 0.278 e. The van der Waals surface area contributed by atoms with Crippen molar-refractivity contribution in [2.24, 2.45) is 5.16 Å². The van der Waals surface area contributed by atoms with Crippen molar-refractivity contribution in [1.82, 2.24) is 9.36 Å². The molecule has 2 N–H and O–H groups in total. The van der Waals surface area contributed by atoms with Crippen molar-refractivity contribution in [2.45, 2.75) is 0 Å². The predicted octanol–water partition coefficient (Wildman–Crippen LogP) is 0.240. The van der Waals surface area contributed by atoms with Gasteiger partial charge in [0.1, 0.15) is 0 Å². The Morgan fingerprint density at radius 2 is 2.53 bits per heavy atom. The van der Waals surface area contributed by atoms with E-state index in [1.54, 1.807) is 0 Å². The Labute approximate surface area is 94.2 Å². The van der Waals surface area contributed by atoms with E-state index in [0.717, 1.165) is 11.5 Å². The van der Waals surface area contributed by atoms with Crippen LogP contribution in [-0.4, -0.2) is 26.9 Å². The second-order valence-electron chi connectivity index (χ2n) is 2.15. The molecule has 0 bridgehead atoms. The Morgan fingerprint density at radius 1 is 1.80 bits per heavy atom. The van der Waals surface area contributed by atoms with Gasteiger partial charge in [-0.15, -0.1) is 6.42 Å². The lowest BCUT2D eigenvalue weighted by Gasteiger charge is -1.95. The summed E-state index contributed by atoms with van der Waals surface area (Å²) in [5.74, 6) is 2.19. The number of terminal acetylenes is 1. The third-order valence-electron chi connectivity index (χ3n) is 1.14. The second kappa shape index (κ2) is 5.29. The van der Waals surface area contributed by atoms with E-state index in [9.17, 15) is 4.79 Å². The first-order valence-electron chi connectivity index (χ1n) is 3.58. The van der Waals surface area contributed by atoms with Crippen LogP contribution in [0, 0.1) is 12.3 Å². The molecule has 15 heavy (non-hydrogen) atoms. The Bertz CT molecular complexity index is 436. The summed E-state index contributed by atoms with van der Waals surface area (Å²) < 4.78 is 3.75. The first-order chi connectivity index (χ1) is 7.15. The van der Waals surface area contributed by atoms with Gasteiger partial charge < -0.3 is 10.6 Å². The van der Waals surface area contributed by atoms with Crippen LogP contribution < -0.4 is 5.73 Å². The van der Waals surface area contributed by atoms with Crippen LogP contribution >= 0.6 is 23.1 Å². The number of nitrogens with zero attached hydrogens (tertiary/aromatic N) is 3. The standard InChI is InChI=1S/C7H5ClN4O2S/c1-2-3-14-11-4(5(8)13)6-10-7(9)15-12-6/h1H,3H2,(H2,9,10,12)/b11-4+. The summed E-state index contributed by atoms with van der Waals surface area (Å²) in [5, 5.41) is 2.77. The lowest BCUT2D eigenvalue weighted by Crippen LogP contribution is -2.12. The zero-order valence-corrected chi connectivity index (χ0v) is 8.88. The highest BCUT2D eigenvalue weighted by molar-refractivity contribution is 7.09. The molecule has 0 fully saturated rings. The molecule has 1 aromatic rings. The quantitative estimate of drug-likeness (QED) is 0.269. The lowest BCUT2D eigenvalue weighted by molar-refractivity contribution is -0.106. The highest BCUT2D eigenvalue weighted by atomic mass is 35.5. The topological polar surface area (TPSA) is 90.5 Å². The molecule has 78 valence electrons. The fraction of sp³-hybridized carbons (Fsp3) is 0.143. The third-order valence-corrected chi connectivity index (χ3v) is 1.87. The summed E-state index contributed by atoms with van der Waals surface area (Å²) in [5.41, 5.74) is 5.11. The minimum Gasteiger partial charge on any atom is -0.382 e. The van der Waals surface area contributed by atoms with Gasteiger partial charge in [0, 0.05) is 11.5 Å². The first kappa shape index (κ1) is 11.4. The van der Waals surface area contributed by atoms with E-state index in [4.69, 9.17) is 23.8 Å². The number of oxime groups is 1. The number of halogens is 1. The van der Waals surface area contributed by atoms with Crippen molar-refractivity contribution >= 4 is 39.2 Å². The van der Waals surface area contributed by atoms with Gasteiger partial charge in [-0.3, -0.25) is 4.79 Å². The average Bonchev–Trinajstić information content (AvgIpc) is 2.59. The third kappa shape index (κ3) is 3.19. The van der Waals surface area contributed by atoms with Crippen LogP contribution in [0.2, 0.25) is 0 Å². The van der Waals surface area contributed by atoms with E-state index >= 15 is 0 Å². The summed E-state index contributed by atoms with van der Waals surface area (Å²) in [6.45, 7) is -0.0761. The maximum atomic E-state index is 10.9. The predicted molar refractivity (Wildman–Crippen MR) is 56.5 cm³/mol. The van der Waals surface area contributed by atoms with Gasteiger partial charge in [-0.25, -0.2) is 0 Å². The molecule has 0 spiro atoms. The summed E-state index contributed by atoms with van der Waals surface area (Å²) in [6.07, 6.45) is 4.92. The maximum Gasteiger partial charge on any atom is 0.278 e. The van der Waals surface area contributed by atoms with Crippen LogP contribution in [0.15, 0.2) is 5.16 Å². The Kier molecular flexibility index (Phi) is 4.03. The van der Waals surface area contributed by atoms with Crippen LogP contribution in [-0.2, 0) is 9.63 Å². The lowest BCUT2D eigenvalue weighted by atomic mass is 10.4. The molecule has 0 amide bonds. The number of hydrogen-bond acceptors (Lipinski definition) is 7. The van der Waals surface area contributed by atoms with Crippen molar-refractivity contribution in [3.8, 4) is 12.3 Å². The Balaban J connectivity index is 2.89. The fourth-order valence-electron chi connectivity index (χ4n) is 0.630. The maximum absolute atomic E-state index is 10.9. The van der Waals surface area contributed by atoms with Gasteiger partial charge in [0.2, 0.25) is 11.5 Å². The van der Waals surface area contributed by atoms with E-state index < -0.39 is 5.24 Å². The largest absolute Gasteiger partial charge is 0.382 e. The molecular formula is C7H5ClN4O2S. The van der Waals surface area contributed by atoms with E-state index in [1.807, 2.05) is 0 Å². The van der Waals surface area contributed by atoms with Crippen molar-refractivity contribution < 1.29 is 9.63 Å². The molecule has 0 saturated heterocycles. The van der Waals surface area contributed by atoms with Gasteiger partial charge in [0.15, 0.2) is 11.7 Å². The molecule has 1 heterocycles.